The molecule has 0 saturated heterocycles. The maximum absolute atomic E-state index is 12.0. The maximum atomic E-state index is 12.0. The zero-order valence-corrected chi connectivity index (χ0v) is 13.7. The summed E-state index contributed by atoms with van der Waals surface area (Å²) in [5.41, 5.74) is 0. The zero-order valence-electron chi connectivity index (χ0n) is 10.7. The van der Waals surface area contributed by atoms with Crippen LogP contribution in [0.2, 0.25) is 0 Å². The molecular formula is C14H12ClF5Pt. The molecule has 0 spiro atoms. The van der Waals surface area contributed by atoms with Gasteiger partial charge in [0.15, 0.2) is 0 Å². The van der Waals surface area contributed by atoms with E-state index in [2.05, 4.69) is 24.3 Å². The molecule has 0 amide bonds. The maximum Gasteiger partial charge on any atom is 2.00 e. The monoisotopic (exact) mass is 505 g/mol. The molecule has 0 atom stereocenters. The third kappa shape index (κ3) is 7.77. The fourth-order valence-electron chi connectivity index (χ4n) is 1.35. The van der Waals surface area contributed by atoms with Gasteiger partial charge in [0, 0.05) is 0 Å². The van der Waals surface area contributed by atoms with E-state index in [-0.39, 0.29) is 33.5 Å². The predicted octanol–water partition coefficient (Wildman–Crippen LogP) is 1.86. The second-order valence-electron chi connectivity index (χ2n) is 3.79. The van der Waals surface area contributed by atoms with Gasteiger partial charge in [-0.05, 0) is 25.7 Å². The third-order valence-corrected chi connectivity index (χ3v) is 2.32. The molecule has 2 rings (SSSR count). The molecular weight excluding hydrogens is 494 g/mol. The standard InChI is InChI=1S/C8H12.C6F5.ClH.Pt/c1-2-4-6-8-7-5-3-1;7-2-1-3(8)5(10)6(11)4(2)9;;/h1-2,7-8H,3-6H2;;1H;/q;-1;;+2/p-1/b2-1-,8-7?;;;. The van der Waals surface area contributed by atoms with E-state index in [9.17, 15) is 22.0 Å². The van der Waals surface area contributed by atoms with Crippen LogP contribution in [-0.4, -0.2) is 0 Å². The Morgan fingerprint density at radius 3 is 1.19 bits per heavy atom. The van der Waals surface area contributed by atoms with Gasteiger partial charge in [-0.15, -0.1) is 6.07 Å². The van der Waals surface area contributed by atoms with Crippen LogP contribution in [0.5, 0.6) is 0 Å². The number of halogens is 6. The smallest absolute Gasteiger partial charge is 1.00 e. The molecule has 0 bridgehead atoms. The van der Waals surface area contributed by atoms with Crippen molar-refractivity contribution in [2.75, 3.05) is 0 Å². The Kier molecular flexibility index (Phi) is 12.8. The molecule has 1 aromatic carbocycles. The first-order chi connectivity index (χ1) is 9.04. The quantitative estimate of drug-likeness (QED) is 0.166. The van der Waals surface area contributed by atoms with Crippen LogP contribution in [-0.2, 0) is 21.1 Å². The Labute approximate surface area is 140 Å². The van der Waals surface area contributed by atoms with Crippen molar-refractivity contribution in [3.05, 3.63) is 59.5 Å². The number of hydrogen-bond donors (Lipinski definition) is 0. The van der Waals surface area contributed by atoms with Gasteiger partial charge in [0.1, 0.15) is 0 Å². The van der Waals surface area contributed by atoms with Gasteiger partial charge in [0.2, 0.25) is 0 Å². The normalized spacial score (nSPS) is 14.5. The molecule has 0 aromatic heterocycles. The van der Waals surface area contributed by atoms with E-state index < -0.39 is 29.1 Å². The minimum atomic E-state index is -2.17. The summed E-state index contributed by atoms with van der Waals surface area (Å²) in [6, 6.07) is 1.02. The average Bonchev–Trinajstić information content (AvgIpc) is 2.34. The van der Waals surface area contributed by atoms with Crippen molar-refractivity contribution in [3.8, 4) is 0 Å². The second kappa shape index (κ2) is 11.9. The molecule has 120 valence electrons. The molecule has 1 aromatic rings. The van der Waals surface area contributed by atoms with Gasteiger partial charge < -0.3 is 12.4 Å². The zero-order chi connectivity index (χ0) is 14.3. The van der Waals surface area contributed by atoms with Crippen molar-refractivity contribution in [2.45, 2.75) is 25.7 Å². The predicted molar refractivity (Wildman–Crippen MR) is 61.8 cm³/mol. The molecule has 1 aliphatic carbocycles. The van der Waals surface area contributed by atoms with Gasteiger partial charge in [0.25, 0.3) is 0 Å². The summed E-state index contributed by atoms with van der Waals surface area (Å²) in [6.07, 6.45) is 14.0. The number of benzene rings is 1. The summed E-state index contributed by atoms with van der Waals surface area (Å²) >= 11 is 0. The molecule has 0 nitrogen and oxygen atoms in total. The van der Waals surface area contributed by atoms with Gasteiger partial charge in [-0.1, -0.05) is 24.3 Å². The first kappa shape index (κ1) is 22.6. The van der Waals surface area contributed by atoms with E-state index >= 15 is 0 Å². The third-order valence-electron chi connectivity index (χ3n) is 2.32. The first-order valence-electron chi connectivity index (χ1n) is 5.74. The van der Waals surface area contributed by atoms with Crippen LogP contribution >= 0.6 is 0 Å². The van der Waals surface area contributed by atoms with Gasteiger partial charge in [-0.25, -0.2) is 13.2 Å². The van der Waals surface area contributed by atoms with Crippen molar-refractivity contribution >= 4 is 0 Å². The van der Waals surface area contributed by atoms with Gasteiger partial charge in [-0.3, -0.25) is 8.78 Å². The molecule has 0 fully saturated rings. The van der Waals surface area contributed by atoms with E-state index in [1.54, 1.807) is 0 Å². The number of rotatable bonds is 0. The molecule has 1 aliphatic rings. The summed E-state index contributed by atoms with van der Waals surface area (Å²) in [7, 11) is 0. The first-order valence-corrected chi connectivity index (χ1v) is 5.74. The Morgan fingerprint density at radius 2 is 0.905 bits per heavy atom. The van der Waals surface area contributed by atoms with E-state index in [1.165, 1.54) is 25.7 Å². The van der Waals surface area contributed by atoms with Crippen LogP contribution < -0.4 is 12.4 Å². The van der Waals surface area contributed by atoms with E-state index in [0.717, 1.165) is 6.07 Å². The Hall–Kier alpha value is -0.672. The molecule has 0 heterocycles. The molecule has 0 unspecified atom stereocenters. The SMILES string of the molecule is C1=CCC/C=C\CC1.Fc1[c-]c(F)c(F)c(F)c1F.[Cl-].[Pt+2]. The summed E-state index contributed by atoms with van der Waals surface area (Å²) in [5.74, 6) is -10.0. The van der Waals surface area contributed by atoms with Crippen molar-refractivity contribution in [1.82, 2.24) is 0 Å². The number of allylic oxidation sites excluding steroid dienone is 4. The van der Waals surface area contributed by atoms with E-state index in [1.807, 2.05) is 0 Å². The van der Waals surface area contributed by atoms with Crippen LogP contribution in [0, 0.1) is 35.2 Å². The molecule has 0 radical (unpaired) electrons. The Balaban J connectivity index is 0. The molecule has 0 N–H and O–H groups in total. The van der Waals surface area contributed by atoms with E-state index in [4.69, 9.17) is 0 Å². The average molecular weight is 506 g/mol. The van der Waals surface area contributed by atoms with Gasteiger partial charge >= 0.3 is 21.1 Å². The Bertz CT molecular complexity index is 436. The van der Waals surface area contributed by atoms with Crippen LogP contribution in [0.3, 0.4) is 0 Å². The minimum Gasteiger partial charge on any atom is -1.00 e. The fraction of sp³-hybridized carbons (Fsp3) is 0.286. The van der Waals surface area contributed by atoms with Crippen molar-refractivity contribution in [3.63, 3.8) is 0 Å². The van der Waals surface area contributed by atoms with Crippen molar-refractivity contribution < 1.29 is 55.4 Å². The summed E-state index contributed by atoms with van der Waals surface area (Å²) < 4.78 is 59.9. The van der Waals surface area contributed by atoms with Crippen LogP contribution in [0.4, 0.5) is 22.0 Å². The fourth-order valence-corrected chi connectivity index (χ4v) is 1.35. The molecule has 7 heteroatoms. The summed E-state index contributed by atoms with van der Waals surface area (Å²) in [4.78, 5) is 0. The van der Waals surface area contributed by atoms with Gasteiger partial charge in [-0.2, -0.15) is 0 Å². The van der Waals surface area contributed by atoms with Gasteiger partial charge in [0.05, 0.1) is 29.1 Å². The molecule has 0 saturated carbocycles. The Morgan fingerprint density at radius 1 is 0.619 bits per heavy atom. The minimum absolute atomic E-state index is 0. The van der Waals surface area contributed by atoms with Crippen molar-refractivity contribution in [1.29, 1.82) is 0 Å². The topological polar surface area (TPSA) is 0 Å². The largest absolute Gasteiger partial charge is 2.00 e. The van der Waals surface area contributed by atoms with Crippen LogP contribution in [0.1, 0.15) is 25.7 Å². The van der Waals surface area contributed by atoms with Crippen LogP contribution in [0.15, 0.2) is 24.3 Å². The summed E-state index contributed by atoms with van der Waals surface area (Å²) in [5, 5.41) is 0. The second-order valence-corrected chi connectivity index (χ2v) is 3.79. The van der Waals surface area contributed by atoms with Crippen LogP contribution in [0.25, 0.3) is 0 Å². The number of hydrogen-bond acceptors (Lipinski definition) is 0. The summed E-state index contributed by atoms with van der Waals surface area (Å²) in [6.45, 7) is 0. The van der Waals surface area contributed by atoms with E-state index in [0.29, 0.717) is 0 Å². The molecule has 21 heavy (non-hydrogen) atoms. The van der Waals surface area contributed by atoms with Crippen molar-refractivity contribution in [2.24, 2.45) is 0 Å². The molecule has 0 aliphatic heterocycles.